The van der Waals surface area contributed by atoms with Crippen LogP contribution in [-0.4, -0.2) is 4.57 Å². The van der Waals surface area contributed by atoms with Crippen LogP contribution in [0, 0.1) is 0 Å². The number of nitrogens with zero attached hydrogens (tertiary/aromatic N) is 2. The molecule has 0 spiro atoms. The Morgan fingerprint density at radius 3 is 1.58 bits per heavy atom. The second-order valence-corrected chi connectivity index (χ2v) is 18.3. The lowest BCUT2D eigenvalue weighted by atomic mass is 9.91. The average molecular weight is 871 g/mol. The third-order valence-electron chi connectivity index (χ3n) is 13.4. The molecule has 0 aliphatic heterocycles. The van der Waals surface area contributed by atoms with Crippen molar-refractivity contribution in [1.29, 1.82) is 0 Å². The number of thiophene rings is 1. The van der Waals surface area contributed by atoms with Crippen LogP contribution in [0.25, 0.3) is 103 Å². The lowest BCUT2D eigenvalue weighted by Gasteiger charge is -2.27. The van der Waals surface area contributed by atoms with Gasteiger partial charge in [-0.1, -0.05) is 182 Å². The maximum Gasteiger partial charge on any atom is 0.0541 e. The largest absolute Gasteiger partial charge is 0.310 e. The van der Waals surface area contributed by atoms with Crippen LogP contribution in [0.15, 0.2) is 255 Å². The van der Waals surface area contributed by atoms with Crippen LogP contribution in [0.2, 0.25) is 0 Å². The molecule has 0 aliphatic rings. The number of anilines is 3. The summed E-state index contributed by atoms with van der Waals surface area (Å²) in [5, 5.41) is 7.56. The van der Waals surface area contributed by atoms with Crippen molar-refractivity contribution in [1.82, 2.24) is 4.57 Å². The molecule has 0 N–H and O–H groups in total. The summed E-state index contributed by atoms with van der Waals surface area (Å²) in [6, 6.07) is 93.4. The van der Waals surface area contributed by atoms with Crippen LogP contribution >= 0.6 is 11.3 Å². The molecule has 0 saturated heterocycles. The van der Waals surface area contributed by atoms with Gasteiger partial charge < -0.3 is 9.47 Å². The lowest BCUT2D eigenvalue weighted by molar-refractivity contribution is 1.18. The van der Waals surface area contributed by atoms with Crippen molar-refractivity contribution in [2.24, 2.45) is 0 Å². The van der Waals surface area contributed by atoms with Gasteiger partial charge in [0.05, 0.1) is 16.7 Å². The van der Waals surface area contributed by atoms with E-state index >= 15 is 0 Å². The molecular formula is C64H42N2S. The van der Waals surface area contributed by atoms with Gasteiger partial charge in [0, 0.05) is 53.6 Å². The van der Waals surface area contributed by atoms with E-state index in [2.05, 4.69) is 264 Å². The monoisotopic (exact) mass is 870 g/mol. The maximum atomic E-state index is 2.45. The Hall–Kier alpha value is -8.50. The second-order valence-electron chi connectivity index (χ2n) is 17.2. The van der Waals surface area contributed by atoms with Crippen LogP contribution in [-0.2, 0) is 0 Å². The normalized spacial score (nSPS) is 11.6. The zero-order valence-corrected chi connectivity index (χ0v) is 37.4. The number of hydrogen-bond acceptors (Lipinski definition) is 2. The van der Waals surface area contributed by atoms with Crippen molar-refractivity contribution in [3.05, 3.63) is 255 Å². The molecule has 0 amide bonds. The van der Waals surface area contributed by atoms with Gasteiger partial charge >= 0.3 is 0 Å². The smallest absolute Gasteiger partial charge is 0.0541 e. The predicted molar refractivity (Wildman–Crippen MR) is 288 cm³/mol. The van der Waals surface area contributed by atoms with Gasteiger partial charge in [0.15, 0.2) is 0 Å². The van der Waals surface area contributed by atoms with Gasteiger partial charge in [-0.15, -0.1) is 11.3 Å². The van der Waals surface area contributed by atoms with Crippen LogP contribution in [0.4, 0.5) is 17.1 Å². The summed E-state index contributed by atoms with van der Waals surface area (Å²) in [7, 11) is 0. The van der Waals surface area contributed by atoms with Crippen molar-refractivity contribution in [3.8, 4) is 50.2 Å². The van der Waals surface area contributed by atoms with Gasteiger partial charge in [-0.2, -0.15) is 0 Å². The fraction of sp³-hybridized carbons (Fsp3) is 0. The number of hydrogen-bond donors (Lipinski definition) is 0. The number of benzene rings is 11. The van der Waals surface area contributed by atoms with E-state index in [1.807, 2.05) is 11.3 Å². The molecule has 2 heterocycles. The lowest BCUT2D eigenvalue weighted by Crippen LogP contribution is -2.10. The first-order chi connectivity index (χ1) is 33.2. The van der Waals surface area contributed by atoms with E-state index in [1.54, 1.807) is 0 Å². The fourth-order valence-electron chi connectivity index (χ4n) is 10.3. The highest BCUT2D eigenvalue weighted by atomic mass is 32.1. The van der Waals surface area contributed by atoms with Crippen molar-refractivity contribution < 1.29 is 0 Å². The van der Waals surface area contributed by atoms with Gasteiger partial charge in [0.1, 0.15) is 0 Å². The first-order valence-electron chi connectivity index (χ1n) is 22.9. The quantitative estimate of drug-likeness (QED) is 0.148. The molecule has 0 fully saturated rings. The predicted octanol–water partition coefficient (Wildman–Crippen LogP) is 18.4. The topological polar surface area (TPSA) is 8.17 Å². The van der Waals surface area contributed by atoms with E-state index < -0.39 is 0 Å². The zero-order chi connectivity index (χ0) is 44.3. The minimum absolute atomic E-state index is 1.08. The summed E-state index contributed by atoms with van der Waals surface area (Å²) in [5.74, 6) is 0. The molecule has 11 aromatic carbocycles. The van der Waals surface area contributed by atoms with E-state index in [4.69, 9.17) is 0 Å². The SMILES string of the molecule is c1ccc(-c2ccc(N(c3ccc(-c4cccc5ccccc45)cc3)c3ccc(-c4ccccc4-n4c5ccccc5c5ccccc54)c(-c4ccc5sc6ccccc6c5c4)c3)cc2)cc1. The highest BCUT2D eigenvalue weighted by Crippen LogP contribution is 2.46. The second kappa shape index (κ2) is 16.2. The van der Waals surface area contributed by atoms with Gasteiger partial charge in [0.2, 0.25) is 0 Å². The minimum atomic E-state index is 1.08. The molecular weight excluding hydrogens is 829 g/mol. The summed E-state index contributed by atoms with van der Waals surface area (Å²) < 4.78 is 5.04. The van der Waals surface area contributed by atoms with E-state index in [1.165, 1.54) is 97.3 Å². The number of para-hydroxylation sites is 3. The van der Waals surface area contributed by atoms with Crippen LogP contribution < -0.4 is 4.90 Å². The van der Waals surface area contributed by atoms with E-state index in [0.717, 1.165) is 22.7 Å². The Labute approximate surface area is 393 Å². The molecule has 2 aromatic heterocycles. The average Bonchev–Trinajstić information content (AvgIpc) is 3.95. The Morgan fingerprint density at radius 1 is 0.284 bits per heavy atom. The minimum Gasteiger partial charge on any atom is -0.310 e. The van der Waals surface area contributed by atoms with Crippen molar-refractivity contribution in [2.45, 2.75) is 0 Å². The Kier molecular flexibility index (Phi) is 9.40. The first-order valence-corrected chi connectivity index (χ1v) is 23.7. The Balaban J connectivity index is 1.03. The third-order valence-corrected chi connectivity index (χ3v) is 14.6. The first kappa shape index (κ1) is 38.9. The third kappa shape index (κ3) is 6.71. The standard InChI is InChI=1S/C64H42N2S/c1-2-15-43(16-3-1)44-29-34-48(35-30-44)65(49-36-31-46(32-37-49)52-24-14-18-45-17-4-5-19-51(45)52)50-38-39-53(58(42-50)47-33-40-64-59(41-47)57-23-9-13-28-63(57)67-64)54-20-6-10-25-60(54)66-61-26-11-7-21-55(61)56-22-8-12-27-62(56)66/h1-42H. The van der Waals surface area contributed by atoms with Crippen molar-refractivity contribution in [2.75, 3.05) is 4.90 Å². The highest BCUT2D eigenvalue weighted by Gasteiger charge is 2.21. The molecule has 0 radical (unpaired) electrons. The summed E-state index contributed by atoms with van der Waals surface area (Å²) in [6.07, 6.45) is 0. The summed E-state index contributed by atoms with van der Waals surface area (Å²) in [5.41, 5.74) is 16.3. The highest BCUT2D eigenvalue weighted by molar-refractivity contribution is 7.25. The van der Waals surface area contributed by atoms with Gasteiger partial charge in [0.25, 0.3) is 0 Å². The number of rotatable bonds is 8. The van der Waals surface area contributed by atoms with Gasteiger partial charge in [-0.3, -0.25) is 0 Å². The molecule has 3 heteroatoms. The Morgan fingerprint density at radius 2 is 0.821 bits per heavy atom. The molecule has 0 atom stereocenters. The van der Waals surface area contributed by atoms with E-state index in [9.17, 15) is 0 Å². The molecule has 0 saturated carbocycles. The molecule has 13 aromatic rings. The summed E-state index contributed by atoms with van der Waals surface area (Å²) in [6.45, 7) is 0. The molecule has 2 nitrogen and oxygen atoms in total. The van der Waals surface area contributed by atoms with E-state index in [-0.39, 0.29) is 0 Å². The summed E-state index contributed by atoms with van der Waals surface area (Å²) in [4.78, 5) is 2.41. The van der Waals surface area contributed by atoms with Crippen molar-refractivity contribution in [3.63, 3.8) is 0 Å². The molecule has 13 rings (SSSR count). The molecule has 0 unspecified atom stereocenters. The molecule has 314 valence electrons. The van der Waals surface area contributed by atoms with Crippen molar-refractivity contribution >= 4 is 81.1 Å². The number of fused-ring (bicyclic) bond motifs is 7. The molecule has 67 heavy (non-hydrogen) atoms. The van der Waals surface area contributed by atoms with Crippen LogP contribution in [0.5, 0.6) is 0 Å². The van der Waals surface area contributed by atoms with E-state index in [0.29, 0.717) is 0 Å². The van der Waals surface area contributed by atoms with Gasteiger partial charge in [-0.05, 0) is 123 Å². The summed E-state index contributed by atoms with van der Waals surface area (Å²) >= 11 is 1.86. The van der Waals surface area contributed by atoms with Crippen LogP contribution in [0.3, 0.4) is 0 Å². The van der Waals surface area contributed by atoms with Gasteiger partial charge in [-0.25, -0.2) is 0 Å². The zero-order valence-electron chi connectivity index (χ0n) is 36.6. The molecule has 0 bridgehead atoms. The van der Waals surface area contributed by atoms with Crippen LogP contribution in [0.1, 0.15) is 0 Å². The molecule has 0 aliphatic carbocycles. The fourth-order valence-corrected chi connectivity index (χ4v) is 11.4. The number of aromatic nitrogens is 1. The Bertz CT molecular complexity index is 3910. The maximum absolute atomic E-state index is 2.45.